The quantitative estimate of drug-likeness (QED) is 0.780. The van der Waals surface area contributed by atoms with Crippen molar-refractivity contribution in [2.45, 2.75) is 6.92 Å². The summed E-state index contributed by atoms with van der Waals surface area (Å²) in [6.45, 7) is 1.90. The van der Waals surface area contributed by atoms with Crippen LogP contribution in [0.25, 0.3) is 6.08 Å². The zero-order valence-corrected chi connectivity index (χ0v) is 10.5. The van der Waals surface area contributed by atoms with E-state index in [4.69, 9.17) is 15.3 Å². The summed E-state index contributed by atoms with van der Waals surface area (Å²) >= 11 is 3.36. The first-order valence-electron chi connectivity index (χ1n) is 4.49. The minimum atomic E-state index is 0.0551. The van der Waals surface area contributed by atoms with E-state index in [-0.39, 0.29) is 5.57 Å². The fourth-order valence-corrected chi connectivity index (χ4v) is 1.80. The number of nitrogens with zero attached hydrogens (tertiary/aromatic N) is 2. The Balaban J connectivity index is 3.45. The van der Waals surface area contributed by atoms with Gasteiger partial charge in [-0.3, -0.25) is 0 Å². The number of hydrogen-bond donors (Lipinski definition) is 0. The lowest BCUT2D eigenvalue weighted by Gasteiger charge is -2.09. The van der Waals surface area contributed by atoms with Crippen molar-refractivity contribution in [1.82, 2.24) is 0 Å². The van der Waals surface area contributed by atoms with Crippen LogP contribution in [0.4, 0.5) is 0 Å². The molecule has 0 aliphatic carbocycles. The highest BCUT2D eigenvalue weighted by Gasteiger charge is 2.09. The van der Waals surface area contributed by atoms with Crippen molar-refractivity contribution in [3.63, 3.8) is 0 Å². The van der Waals surface area contributed by atoms with Crippen LogP contribution < -0.4 is 4.74 Å². The lowest BCUT2D eigenvalue weighted by atomic mass is 10.1. The Morgan fingerprint density at radius 3 is 2.50 bits per heavy atom. The smallest absolute Gasteiger partial charge is 0.140 e. The molecular weight excluding hydrogens is 268 g/mol. The molecule has 0 heterocycles. The molecule has 0 aliphatic rings. The molecule has 0 aliphatic heterocycles. The summed E-state index contributed by atoms with van der Waals surface area (Å²) in [5.74, 6) is 0.628. The molecule has 1 aromatic rings. The lowest BCUT2D eigenvalue weighted by molar-refractivity contribution is 0.411. The van der Waals surface area contributed by atoms with E-state index in [1.54, 1.807) is 7.11 Å². The fourth-order valence-electron chi connectivity index (χ4n) is 1.29. The van der Waals surface area contributed by atoms with Crippen molar-refractivity contribution < 1.29 is 4.74 Å². The molecule has 4 heteroatoms. The van der Waals surface area contributed by atoms with Gasteiger partial charge in [-0.15, -0.1) is 0 Å². The minimum Gasteiger partial charge on any atom is -0.495 e. The molecule has 0 spiro atoms. The molecule has 3 nitrogen and oxygen atoms in total. The Morgan fingerprint density at radius 1 is 1.38 bits per heavy atom. The van der Waals surface area contributed by atoms with Crippen LogP contribution in [0.5, 0.6) is 5.75 Å². The van der Waals surface area contributed by atoms with Gasteiger partial charge in [-0.1, -0.05) is 6.07 Å². The molecule has 0 bridgehead atoms. The monoisotopic (exact) mass is 276 g/mol. The first-order chi connectivity index (χ1) is 7.63. The second-order valence-electron chi connectivity index (χ2n) is 3.09. The zero-order chi connectivity index (χ0) is 12.1. The van der Waals surface area contributed by atoms with E-state index in [0.717, 1.165) is 15.6 Å². The van der Waals surface area contributed by atoms with Crippen LogP contribution in [0.3, 0.4) is 0 Å². The Bertz CT molecular complexity index is 505. The zero-order valence-electron chi connectivity index (χ0n) is 8.91. The molecule has 0 fully saturated rings. The lowest BCUT2D eigenvalue weighted by Crippen LogP contribution is -1.92. The van der Waals surface area contributed by atoms with Gasteiger partial charge in [0.05, 0.1) is 11.6 Å². The van der Waals surface area contributed by atoms with Gasteiger partial charge < -0.3 is 4.74 Å². The number of aryl methyl sites for hydroxylation is 1. The second kappa shape index (κ2) is 5.34. The van der Waals surface area contributed by atoms with E-state index in [9.17, 15) is 0 Å². The standard InChI is InChI=1S/C12H9BrN2O/c1-8-3-4-11(13)12(16-2)10(8)5-9(6-14)7-15/h3-5H,1-2H3. The SMILES string of the molecule is COc1c(Br)ccc(C)c1C=C(C#N)C#N. The van der Waals surface area contributed by atoms with Gasteiger partial charge in [0.1, 0.15) is 23.5 Å². The fraction of sp³-hybridized carbons (Fsp3) is 0.167. The van der Waals surface area contributed by atoms with Crippen LogP contribution in [0.2, 0.25) is 0 Å². The van der Waals surface area contributed by atoms with Crippen molar-refractivity contribution >= 4 is 22.0 Å². The molecule has 0 unspecified atom stereocenters. The van der Waals surface area contributed by atoms with Crippen LogP contribution in [-0.4, -0.2) is 7.11 Å². The molecule has 0 aromatic heterocycles. The number of methoxy groups -OCH3 is 1. The predicted octanol–water partition coefficient (Wildman–Crippen LogP) is 3.20. The third-order valence-electron chi connectivity index (χ3n) is 2.10. The summed E-state index contributed by atoms with van der Waals surface area (Å²) in [7, 11) is 1.55. The predicted molar refractivity (Wildman–Crippen MR) is 64.6 cm³/mol. The Morgan fingerprint density at radius 2 is 2.00 bits per heavy atom. The first-order valence-corrected chi connectivity index (χ1v) is 5.28. The van der Waals surface area contributed by atoms with Crippen molar-refractivity contribution in [3.8, 4) is 17.9 Å². The second-order valence-corrected chi connectivity index (χ2v) is 3.95. The Labute approximate surface area is 103 Å². The maximum atomic E-state index is 8.72. The number of nitriles is 2. The number of rotatable bonds is 2. The van der Waals surface area contributed by atoms with Crippen LogP contribution in [0.15, 0.2) is 22.2 Å². The molecule has 0 atom stereocenters. The minimum absolute atomic E-state index is 0.0551. The molecule has 1 rings (SSSR count). The van der Waals surface area contributed by atoms with Gasteiger partial charge in [0.15, 0.2) is 0 Å². The average molecular weight is 277 g/mol. The number of halogens is 1. The van der Waals surface area contributed by atoms with Crippen molar-refractivity contribution in [1.29, 1.82) is 10.5 Å². The van der Waals surface area contributed by atoms with E-state index < -0.39 is 0 Å². The summed E-state index contributed by atoms with van der Waals surface area (Å²) in [6.07, 6.45) is 1.53. The van der Waals surface area contributed by atoms with Gasteiger partial charge in [-0.25, -0.2) is 0 Å². The molecular formula is C12H9BrN2O. The van der Waals surface area contributed by atoms with Crippen LogP contribution >= 0.6 is 15.9 Å². The van der Waals surface area contributed by atoms with Crippen LogP contribution in [0.1, 0.15) is 11.1 Å². The summed E-state index contributed by atoms with van der Waals surface area (Å²) in [4.78, 5) is 0. The Kier molecular flexibility index (Phi) is 4.10. The molecule has 16 heavy (non-hydrogen) atoms. The van der Waals surface area contributed by atoms with Gasteiger partial charge in [-0.2, -0.15) is 10.5 Å². The van der Waals surface area contributed by atoms with E-state index >= 15 is 0 Å². The summed E-state index contributed by atoms with van der Waals surface area (Å²) in [5.41, 5.74) is 1.75. The maximum Gasteiger partial charge on any atom is 0.140 e. The molecule has 0 saturated carbocycles. The maximum absolute atomic E-state index is 8.72. The van der Waals surface area contributed by atoms with E-state index in [1.807, 2.05) is 31.2 Å². The van der Waals surface area contributed by atoms with Crippen LogP contribution in [-0.2, 0) is 0 Å². The van der Waals surface area contributed by atoms with Crippen molar-refractivity contribution in [3.05, 3.63) is 33.3 Å². The average Bonchev–Trinajstić information content (AvgIpc) is 2.30. The highest BCUT2D eigenvalue weighted by Crippen LogP contribution is 2.32. The molecule has 0 saturated heterocycles. The molecule has 0 amide bonds. The first kappa shape index (κ1) is 12.3. The van der Waals surface area contributed by atoms with E-state index in [2.05, 4.69) is 15.9 Å². The third kappa shape index (κ3) is 2.42. The van der Waals surface area contributed by atoms with E-state index in [1.165, 1.54) is 6.08 Å². The number of benzene rings is 1. The van der Waals surface area contributed by atoms with Gasteiger partial charge in [-0.05, 0) is 40.6 Å². The molecule has 80 valence electrons. The third-order valence-corrected chi connectivity index (χ3v) is 2.72. The number of allylic oxidation sites excluding steroid dienone is 1. The number of ether oxygens (including phenoxy) is 1. The summed E-state index contributed by atoms with van der Waals surface area (Å²) in [6, 6.07) is 7.41. The largest absolute Gasteiger partial charge is 0.495 e. The molecule has 0 N–H and O–H groups in total. The van der Waals surface area contributed by atoms with Gasteiger partial charge >= 0.3 is 0 Å². The molecule has 1 aromatic carbocycles. The normalized spacial score (nSPS) is 8.81. The summed E-state index contributed by atoms with van der Waals surface area (Å²) < 4.78 is 6.03. The molecule has 0 radical (unpaired) electrons. The van der Waals surface area contributed by atoms with Gasteiger partial charge in [0.2, 0.25) is 0 Å². The van der Waals surface area contributed by atoms with Crippen molar-refractivity contribution in [2.24, 2.45) is 0 Å². The highest BCUT2D eigenvalue weighted by atomic mass is 79.9. The van der Waals surface area contributed by atoms with E-state index in [0.29, 0.717) is 5.75 Å². The van der Waals surface area contributed by atoms with Crippen LogP contribution in [0, 0.1) is 29.6 Å². The Hall–Kier alpha value is -1.78. The summed E-state index contributed by atoms with van der Waals surface area (Å²) in [5, 5.41) is 17.4. The topological polar surface area (TPSA) is 56.8 Å². The highest BCUT2D eigenvalue weighted by molar-refractivity contribution is 9.10. The van der Waals surface area contributed by atoms with Gasteiger partial charge in [0, 0.05) is 5.56 Å². The van der Waals surface area contributed by atoms with Crippen molar-refractivity contribution in [2.75, 3.05) is 7.11 Å². The van der Waals surface area contributed by atoms with Gasteiger partial charge in [0.25, 0.3) is 0 Å². The number of hydrogen-bond acceptors (Lipinski definition) is 3.